The molecular formula is C14H19Cl. The molecule has 1 aliphatic rings. The molecule has 0 radical (unpaired) electrons. The zero-order valence-corrected chi connectivity index (χ0v) is 10.3. The lowest BCUT2D eigenvalue weighted by atomic mass is 9.90. The molecule has 1 aliphatic carbocycles. The molecule has 0 aromatic heterocycles. The van der Waals surface area contributed by atoms with Gasteiger partial charge in [0.2, 0.25) is 0 Å². The topological polar surface area (TPSA) is 0 Å². The van der Waals surface area contributed by atoms with Gasteiger partial charge in [-0.25, -0.2) is 0 Å². The minimum absolute atomic E-state index is 0.411. The van der Waals surface area contributed by atoms with Gasteiger partial charge in [-0.3, -0.25) is 0 Å². The van der Waals surface area contributed by atoms with Crippen LogP contribution >= 0.6 is 11.6 Å². The lowest BCUT2D eigenvalue weighted by Gasteiger charge is -2.15. The molecule has 1 fully saturated rings. The number of halogens is 1. The van der Waals surface area contributed by atoms with Crippen molar-refractivity contribution in [2.45, 2.75) is 38.5 Å². The molecule has 82 valence electrons. The fourth-order valence-corrected chi connectivity index (χ4v) is 3.05. The Morgan fingerprint density at radius 3 is 2.33 bits per heavy atom. The molecule has 0 N–H and O–H groups in total. The van der Waals surface area contributed by atoms with Crippen molar-refractivity contribution >= 4 is 11.6 Å². The molecule has 0 spiro atoms. The highest BCUT2D eigenvalue weighted by molar-refractivity contribution is 6.18. The Kier molecular flexibility index (Phi) is 3.06. The van der Waals surface area contributed by atoms with Gasteiger partial charge in [-0.15, -0.1) is 11.6 Å². The van der Waals surface area contributed by atoms with Crippen molar-refractivity contribution in [1.29, 1.82) is 0 Å². The first-order valence-corrected chi connectivity index (χ1v) is 6.45. The molecule has 15 heavy (non-hydrogen) atoms. The first kappa shape index (κ1) is 11.0. The molecule has 1 heteroatoms. The van der Waals surface area contributed by atoms with Crippen molar-refractivity contribution in [3.63, 3.8) is 0 Å². The third kappa shape index (κ3) is 1.80. The molecule has 2 rings (SSSR count). The van der Waals surface area contributed by atoms with E-state index >= 15 is 0 Å². The Hall–Kier alpha value is -0.490. The smallest absolute Gasteiger partial charge is 0.0260 e. The van der Waals surface area contributed by atoms with Crippen LogP contribution in [0.5, 0.6) is 0 Å². The zero-order chi connectivity index (χ0) is 10.9. The van der Waals surface area contributed by atoms with Gasteiger partial charge >= 0.3 is 0 Å². The van der Waals surface area contributed by atoms with E-state index in [4.69, 9.17) is 11.6 Å². The van der Waals surface area contributed by atoms with Gasteiger partial charge in [-0.05, 0) is 41.7 Å². The molecule has 0 aliphatic heterocycles. The Balaban J connectivity index is 2.22. The van der Waals surface area contributed by atoms with Crippen LogP contribution in [0.3, 0.4) is 0 Å². The van der Waals surface area contributed by atoms with Crippen LogP contribution in [0.15, 0.2) is 24.3 Å². The second-order valence-corrected chi connectivity index (χ2v) is 4.92. The third-order valence-corrected chi connectivity index (χ3v) is 4.36. The zero-order valence-electron chi connectivity index (χ0n) is 9.59. The van der Waals surface area contributed by atoms with Gasteiger partial charge in [0.15, 0.2) is 0 Å². The van der Waals surface area contributed by atoms with Gasteiger partial charge in [-0.2, -0.15) is 0 Å². The van der Waals surface area contributed by atoms with E-state index in [1.54, 1.807) is 0 Å². The van der Waals surface area contributed by atoms with Gasteiger partial charge in [-0.1, -0.05) is 38.1 Å². The number of rotatable bonds is 4. The lowest BCUT2D eigenvalue weighted by Crippen LogP contribution is -2.09. The van der Waals surface area contributed by atoms with E-state index < -0.39 is 0 Å². The molecule has 0 saturated heterocycles. The fraction of sp³-hybridized carbons (Fsp3) is 0.571. The monoisotopic (exact) mass is 222 g/mol. The summed E-state index contributed by atoms with van der Waals surface area (Å²) in [6.45, 7) is 4.48. The SMILES string of the molecule is CCc1ccc(C2(CC)CC2CCl)cc1. The summed E-state index contributed by atoms with van der Waals surface area (Å²) in [5.74, 6) is 1.51. The molecule has 0 nitrogen and oxygen atoms in total. The van der Waals surface area contributed by atoms with Crippen LogP contribution in [-0.2, 0) is 11.8 Å². The maximum Gasteiger partial charge on any atom is 0.0260 e. The molecule has 0 bridgehead atoms. The molecule has 1 saturated carbocycles. The Bertz CT molecular complexity index is 328. The molecule has 2 unspecified atom stereocenters. The predicted octanol–water partition coefficient (Wildman–Crippen LogP) is 4.16. The van der Waals surface area contributed by atoms with E-state index in [0.717, 1.165) is 12.3 Å². The van der Waals surface area contributed by atoms with Crippen molar-refractivity contribution in [3.05, 3.63) is 35.4 Å². The second-order valence-electron chi connectivity index (χ2n) is 4.62. The van der Waals surface area contributed by atoms with Crippen molar-refractivity contribution in [1.82, 2.24) is 0 Å². The fourth-order valence-electron chi connectivity index (χ4n) is 2.65. The number of hydrogen-bond donors (Lipinski definition) is 0. The highest BCUT2D eigenvalue weighted by Crippen LogP contribution is 2.57. The van der Waals surface area contributed by atoms with Crippen molar-refractivity contribution in [2.75, 3.05) is 5.88 Å². The molecule has 2 atom stereocenters. The van der Waals surface area contributed by atoms with Crippen LogP contribution in [0.4, 0.5) is 0 Å². The Morgan fingerprint density at radius 2 is 1.93 bits per heavy atom. The largest absolute Gasteiger partial charge is 0.126 e. The summed E-state index contributed by atoms with van der Waals surface area (Å²) in [6.07, 6.45) is 3.62. The van der Waals surface area contributed by atoms with Gasteiger partial charge in [0.1, 0.15) is 0 Å². The van der Waals surface area contributed by atoms with Crippen molar-refractivity contribution < 1.29 is 0 Å². The summed E-state index contributed by atoms with van der Waals surface area (Å²) in [7, 11) is 0. The minimum Gasteiger partial charge on any atom is -0.126 e. The van der Waals surface area contributed by atoms with Gasteiger partial charge in [0, 0.05) is 5.88 Å². The first-order chi connectivity index (χ1) is 7.26. The van der Waals surface area contributed by atoms with Crippen molar-refractivity contribution in [2.24, 2.45) is 5.92 Å². The quantitative estimate of drug-likeness (QED) is 0.672. The van der Waals surface area contributed by atoms with Crippen molar-refractivity contribution in [3.8, 4) is 0 Å². The van der Waals surface area contributed by atoms with E-state index in [9.17, 15) is 0 Å². The average molecular weight is 223 g/mol. The van der Waals surface area contributed by atoms with Crippen LogP contribution in [0.25, 0.3) is 0 Å². The van der Waals surface area contributed by atoms with Crippen LogP contribution < -0.4 is 0 Å². The molecule has 1 aromatic carbocycles. The summed E-state index contributed by atoms with van der Waals surface area (Å²) in [6, 6.07) is 9.12. The summed E-state index contributed by atoms with van der Waals surface area (Å²) in [4.78, 5) is 0. The Labute approximate surface area is 97.6 Å². The van der Waals surface area contributed by atoms with Crippen LogP contribution in [0.1, 0.15) is 37.8 Å². The van der Waals surface area contributed by atoms with Crippen LogP contribution in [0, 0.1) is 5.92 Å². The third-order valence-electron chi connectivity index (χ3n) is 3.99. The van der Waals surface area contributed by atoms with Gasteiger partial charge < -0.3 is 0 Å². The number of alkyl halides is 1. The second kappa shape index (κ2) is 4.17. The lowest BCUT2D eigenvalue weighted by molar-refractivity contribution is 0.609. The maximum absolute atomic E-state index is 5.97. The molecule has 1 aromatic rings. The van der Waals surface area contributed by atoms with E-state index in [-0.39, 0.29) is 0 Å². The number of benzene rings is 1. The number of aryl methyl sites for hydroxylation is 1. The van der Waals surface area contributed by atoms with E-state index in [1.165, 1.54) is 24.0 Å². The Morgan fingerprint density at radius 1 is 1.27 bits per heavy atom. The average Bonchev–Trinajstić information content (AvgIpc) is 3.04. The summed E-state index contributed by atoms with van der Waals surface area (Å²) in [5.41, 5.74) is 3.33. The maximum atomic E-state index is 5.97. The summed E-state index contributed by atoms with van der Waals surface area (Å²) in [5, 5.41) is 0. The first-order valence-electron chi connectivity index (χ1n) is 5.92. The van der Waals surface area contributed by atoms with E-state index in [1.807, 2.05) is 0 Å². The standard InChI is InChI=1S/C14H19Cl/c1-3-11-5-7-12(8-6-11)14(4-2)9-13(14)10-15/h5-8,13H,3-4,9-10H2,1-2H3. The van der Waals surface area contributed by atoms with Crippen LogP contribution in [-0.4, -0.2) is 5.88 Å². The van der Waals surface area contributed by atoms with Gasteiger partial charge in [0.25, 0.3) is 0 Å². The van der Waals surface area contributed by atoms with Crippen LogP contribution in [0.2, 0.25) is 0 Å². The molecule has 0 heterocycles. The normalized spacial score (nSPS) is 29.1. The van der Waals surface area contributed by atoms with Gasteiger partial charge in [0.05, 0.1) is 0 Å². The highest BCUT2D eigenvalue weighted by Gasteiger charge is 2.52. The molecule has 0 amide bonds. The number of hydrogen-bond acceptors (Lipinski definition) is 0. The molecular weight excluding hydrogens is 204 g/mol. The predicted molar refractivity (Wildman–Crippen MR) is 66.6 cm³/mol. The summed E-state index contributed by atoms with van der Waals surface area (Å²) >= 11 is 5.97. The minimum atomic E-state index is 0.411. The van der Waals surface area contributed by atoms with E-state index in [0.29, 0.717) is 11.3 Å². The highest BCUT2D eigenvalue weighted by atomic mass is 35.5. The summed E-state index contributed by atoms with van der Waals surface area (Å²) < 4.78 is 0. The van der Waals surface area contributed by atoms with E-state index in [2.05, 4.69) is 38.1 Å².